The molecule has 0 spiro atoms. The molecule has 0 saturated carbocycles. The van der Waals surface area contributed by atoms with Gasteiger partial charge in [0.15, 0.2) is 0 Å². The average molecular weight is 269 g/mol. The van der Waals surface area contributed by atoms with E-state index in [1.165, 1.54) is 6.42 Å². The Morgan fingerprint density at radius 1 is 1.36 bits per heavy atom. The molecule has 0 aromatic heterocycles. The Morgan fingerprint density at radius 2 is 2.00 bits per heavy atom. The lowest BCUT2D eigenvalue weighted by molar-refractivity contribution is -0.133. The zero-order valence-electron chi connectivity index (χ0n) is 6.38. The van der Waals surface area contributed by atoms with Crippen molar-refractivity contribution >= 4 is 28.9 Å². The minimum Gasteiger partial charge on any atom is -0.341 e. The molecule has 1 heterocycles. The number of amides is 1. The van der Waals surface area contributed by atoms with Gasteiger partial charge in [-0.15, -0.1) is 0 Å². The fraction of sp³-hybridized carbons (Fsp3) is 0.857. The van der Waals surface area contributed by atoms with Gasteiger partial charge in [0.05, 0.1) is 0 Å². The van der Waals surface area contributed by atoms with Crippen molar-refractivity contribution in [2.24, 2.45) is 0 Å². The van der Waals surface area contributed by atoms with Crippen molar-refractivity contribution in [1.29, 1.82) is 0 Å². The molecule has 0 aromatic carbocycles. The molecule has 1 aliphatic heterocycles. The number of rotatable bonds is 2. The average Bonchev–Trinajstić information content (AvgIpc) is 2.07. The van der Waals surface area contributed by atoms with Gasteiger partial charge in [-0.2, -0.15) is 0 Å². The standard InChI is InChI=1S/C7H12INO2/c8-11-6-7(10)9-4-2-1-3-5-9/h1-6H2. The van der Waals surface area contributed by atoms with Gasteiger partial charge in [-0.3, -0.25) is 4.79 Å². The van der Waals surface area contributed by atoms with Gasteiger partial charge in [-0.1, -0.05) is 0 Å². The number of nitrogens with zero attached hydrogens (tertiary/aromatic N) is 1. The van der Waals surface area contributed by atoms with Crippen LogP contribution in [0.2, 0.25) is 0 Å². The lowest BCUT2D eigenvalue weighted by Gasteiger charge is -2.25. The number of halogens is 1. The zero-order chi connectivity index (χ0) is 8.10. The minimum atomic E-state index is 0.124. The van der Waals surface area contributed by atoms with E-state index in [0.29, 0.717) is 0 Å². The minimum absolute atomic E-state index is 0.124. The van der Waals surface area contributed by atoms with E-state index in [1.807, 2.05) is 4.90 Å². The molecule has 4 heteroatoms. The lowest BCUT2D eigenvalue weighted by Crippen LogP contribution is -2.37. The van der Waals surface area contributed by atoms with Crippen molar-refractivity contribution in [3.8, 4) is 0 Å². The maximum Gasteiger partial charge on any atom is 0.249 e. The number of hydrogen-bond donors (Lipinski definition) is 0. The normalized spacial score (nSPS) is 18.5. The largest absolute Gasteiger partial charge is 0.341 e. The van der Waals surface area contributed by atoms with E-state index >= 15 is 0 Å². The van der Waals surface area contributed by atoms with E-state index in [1.54, 1.807) is 23.0 Å². The second-order valence-electron chi connectivity index (χ2n) is 2.69. The molecule has 64 valence electrons. The first kappa shape index (κ1) is 9.25. The fourth-order valence-electron chi connectivity index (χ4n) is 1.28. The number of carbonyl (C=O) groups excluding carboxylic acids is 1. The summed E-state index contributed by atoms with van der Waals surface area (Å²) in [4.78, 5) is 13.1. The summed E-state index contributed by atoms with van der Waals surface area (Å²) in [5.41, 5.74) is 0. The molecule has 0 atom stereocenters. The van der Waals surface area contributed by atoms with Crippen LogP contribution in [0.25, 0.3) is 0 Å². The first-order valence-electron chi connectivity index (χ1n) is 3.86. The van der Waals surface area contributed by atoms with Crippen molar-refractivity contribution in [2.45, 2.75) is 19.3 Å². The van der Waals surface area contributed by atoms with Crippen molar-refractivity contribution in [3.63, 3.8) is 0 Å². The Bertz CT molecular complexity index is 134. The third-order valence-electron chi connectivity index (χ3n) is 1.89. The highest BCUT2D eigenvalue weighted by Gasteiger charge is 2.15. The molecule has 0 bridgehead atoms. The summed E-state index contributed by atoms with van der Waals surface area (Å²) < 4.78 is 4.74. The summed E-state index contributed by atoms with van der Waals surface area (Å²) >= 11 is 1.75. The molecule has 0 aliphatic carbocycles. The second kappa shape index (κ2) is 4.92. The summed E-state index contributed by atoms with van der Waals surface area (Å²) in [6.07, 6.45) is 3.55. The summed E-state index contributed by atoms with van der Waals surface area (Å²) in [6, 6.07) is 0. The number of piperidine rings is 1. The van der Waals surface area contributed by atoms with Gasteiger partial charge in [0.2, 0.25) is 5.91 Å². The van der Waals surface area contributed by atoms with Crippen molar-refractivity contribution in [2.75, 3.05) is 19.7 Å². The van der Waals surface area contributed by atoms with Gasteiger partial charge < -0.3 is 7.97 Å². The Labute approximate surface area is 80.8 Å². The third kappa shape index (κ3) is 2.94. The SMILES string of the molecule is O=C(COI)N1CCCCC1. The van der Waals surface area contributed by atoms with E-state index in [2.05, 4.69) is 0 Å². The number of likely N-dealkylation sites (tertiary alicyclic amines) is 1. The van der Waals surface area contributed by atoms with Crippen LogP contribution in [0.1, 0.15) is 19.3 Å². The van der Waals surface area contributed by atoms with Crippen LogP contribution in [0.15, 0.2) is 0 Å². The van der Waals surface area contributed by atoms with E-state index in [0.717, 1.165) is 25.9 Å². The highest BCUT2D eigenvalue weighted by Crippen LogP contribution is 2.08. The van der Waals surface area contributed by atoms with E-state index in [-0.39, 0.29) is 12.5 Å². The van der Waals surface area contributed by atoms with Crippen LogP contribution in [0.5, 0.6) is 0 Å². The van der Waals surface area contributed by atoms with Crippen molar-refractivity contribution in [3.05, 3.63) is 0 Å². The summed E-state index contributed by atoms with van der Waals surface area (Å²) in [6.45, 7) is 2.05. The van der Waals surface area contributed by atoms with Gasteiger partial charge in [-0.25, -0.2) is 0 Å². The van der Waals surface area contributed by atoms with Crippen LogP contribution >= 0.6 is 23.0 Å². The fourth-order valence-corrected chi connectivity index (χ4v) is 1.55. The van der Waals surface area contributed by atoms with Gasteiger partial charge in [0.25, 0.3) is 0 Å². The molecule has 1 amide bonds. The topological polar surface area (TPSA) is 29.5 Å². The first-order chi connectivity index (χ1) is 5.34. The Hall–Kier alpha value is 0.160. The molecule has 3 nitrogen and oxygen atoms in total. The van der Waals surface area contributed by atoms with Crippen LogP contribution in [0.4, 0.5) is 0 Å². The Kier molecular flexibility index (Phi) is 4.14. The number of hydrogen-bond acceptors (Lipinski definition) is 2. The van der Waals surface area contributed by atoms with E-state index in [4.69, 9.17) is 3.07 Å². The third-order valence-corrected chi connectivity index (χ3v) is 2.20. The predicted octanol–water partition coefficient (Wildman–Crippen LogP) is 1.37. The Morgan fingerprint density at radius 3 is 2.55 bits per heavy atom. The van der Waals surface area contributed by atoms with Crippen molar-refractivity contribution in [1.82, 2.24) is 4.90 Å². The van der Waals surface area contributed by atoms with Gasteiger partial charge >= 0.3 is 0 Å². The predicted molar refractivity (Wildman–Crippen MR) is 50.4 cm³/mol. The molecule has 0 N–H and O–H groups in total. The second-order valence-corrected chi connectivity index (χ2v) is 3.32. The summed E-state index contributed by atoms with van der Waals surface area (Å²) in [7, 11) is 0. The van der Waals surface area contributed by atoms with Gasteiger partial charge in [0.1, 0.15) is 29.6 Å². The van der Waals surface area contributed by atoms with E-state index in [9.17, 15) is 4.79 Å². The molecular weight excluding hydrogens is 257 g/mol. The lowest BCUT2D eigenvalue weighted by atomic mass is 10.1. The molecule has 1 saturated heterocycles. The summed E-state index contributed by atoms with van der Waals surface area (Å²) in [5.74, 6) is 0.124. The van der Waals surface area contributed by atoms with Gasteiger partial charge in [0, 0.05) is 13.1 Å². The molecule has 0 radical (unpaired) electrons. The zero-order valence-corrected chi connectivity index (χ0v) is 8.54. The Balaban J connectivity index is 2.27. The van der Waals surface area contributed by atoms with Crippen LogP contribution < -0.4 is 0 Å². The highest BCUT2D eigenvalue weighted by atomic mass is 127. The smallest absolute Gasteiger partial charge is 0.249 e. The maximum absolute atomic E-state index is 11.2. The highest BCUT2D eigenvalue weighted by molar-refractivity contribution is 14.1. The van der Waals surface area contributed by atoms with Crippen LogP contribution in [0.3, 0.4) is 0 Å². The molecule has 1 rings (SSSR count). The number of carbonyl (C=O) groups is 1. The molecular formula is C7H12INO2. The molecule has 0 unspecified atom stereocenters. The van der Waals surface area contributed by atoms with Crippen LogP contribution in [0, 0.1) is 0 Å². The van der Waals surface area contributed by atoms with Crippen molar-refractivity contribution < 1.29 is 7.86 Å². The van der Waals surface area contributed by atoms with E-state index < -0.39 is 0 Å². The monoisotopic (exact) mass is 269 g/mol. The van der Waals surface area contributed by atoms with Gasteiger partial charge in [-0.05, 0) is 19.3 Å². The molecule has 1 fully saturated rings. The van der Waals surface area contributed by atoms with Crippen LogP contribution in [-0.4, -0.2) is 30.5 Å². The first-order valence-corrected chi connectivity index (χ1v) is 4.74. The maximum atomic E-state index is 11.2. The molecule has 11 heavy (non-hydrogen) atoms. The summed E-state index contributed by atoms with van der Waals surface area (Å²) in [5, 5.41) is 0. The molecule has 1 aliphatic rings. The van der Waals surface area contributed by atoms with Crippen LogP contribution in [-0.2, 0) is 7.86 Å². The quantitative estimate of drug-likeness (QED) is 0.708. The molecule has 0 aromatic rings.